The number of nitrogens with zero attached hydrogens (tertiary/aromatic N) is 1. The summed E-state index contributed by atoms with van der Waals surface area (Å²) in [4.78, 5) is 12.9. The van der Waals surface area contributed by atoms with Gasteiger partial charge in [-0.05, 0) is 55.5 Å². The topological polar surface area (TPSA) is 66.5 Å². The van der Waals surface area contributed by atoms with Gasteiger partial charge in [0.05, 0.1) is 10.6 Å². The van der Waals surface area contributed by atoms with E-state index in [1.807, 2.05) is 19.1 Å². The molecule has 0 heterocycles. The highest BCUT2D eigenvalue weighted by Crippen LogP contribution is 2.27. The van der Waals surface area contributed by atoms with E-state index in [-0.39, 0.29) is 17.3 Å². The van der Waals surface area contributed by atoms with E-state index in [0.29, 0.717) is 18.7 Å². The molecule has 0 fully saturated rings. The first kappa shape index (κ1) is 23.5. The molecule has 0 aliphatic rings. The number of para-hydroxylation sites is 1. The van der Waals surface area contributed by atoms with E-state index in [1.165, 1.54) is 15.4 Å². The van der Waals surface area contributed by atoms with Crippen molar-refractivity contribution in [1.82, 2.24) is 5.32 Å². The van der Waals surface area contributed by atoms with Crippen LogP contribution in [0.3, 0.4) is 0 Å². The Hall–Kier alpha value is -3.12. The molecular weight excluding hydrogens is 420 g/mol. The number of sulfonamides is 1. The lowest BCUT2D eigenvalue weighted by Gasteiger charge is -2.26. The summed E-state index contributed by atoms with van der Waals surface area (Å²) in [5, 5.41) is 2.88. The van der Waals surface area contributed by atoms with Crippen molar-refractivity contribution in [1.29, 1.82) is 0 Å². The number of anilines is 1. The van der Waals surface area contributed by atoms with Gasteiger partial charge < -0.3 is 5.32 Å². The second-order valence-electron chi connectivity index (χ2n) is 7.75. The molecule has 3 rings (SSSR count). The smallest absolute Gasteiger partial charge is 0.264 e. The molecule has 3 aromatic rings. The largest absolute Gasteiger partial charge is 0.355 e. The first-order valence-electron chi connectivity index (χ1n) is 10.9. The lowest BCUT2D eigenvalue weighted by molar-refractivity contribution is -0.119. The van der Waals surface area contributed by atoms with Gasteiger partial charge in [-0.25, -0.2) is 8.42 Å². The van der Waals surface area contributed by atoms with Gasteiger partial charge >= 0.3 is 0 Å². The minimum Gasteiger partial charge on any atom is -0.355 e. The Morgan fingerprint density at radius 2 is 1.56 bits per heavy atom. The molecule has 32 heavy (non-hydrogen) atoms. The first-order chi connectivity index (χ1) is 15.4. The van der Waals surface area contributed by atoms with E-state index in [4.69, 9.17) is 0 Å². The molecular formula is C26H30N2O3S. The van der Waals surface area contributed by atoms with Crippen LogP contribution in [-0.4, -0.2) is 27.4 Å². The number of hydrogen-bond acceptors (Lipinski definition) is 3. The minimum atomic E-state index is -3.89. The molecule has 0 unspecified atom stereocenters. The van der Waals surface area contributed by atoms with Crippen LogP contribution in [0.25, 0.3) is 0 Å². The van der Waals surface area contributed by atoms with Crippen LogP contribution in [0.4, 0.5) is 5.69 Å². The molecule has 0 atom stereocenters. The zero-order valence-electron chi connectivity index (χ0n) is 18.6. The molecule has 6 heteroatoms. The van der Waals surface area contributed by atoms with Crippen LogP contribution in [-0.2, 0) is 27.7 Å². The average molecular weight is 451 g/mol. The standard InChI is InChI=1S/C26H30N2O3S/c1-3-23-11-7-8-14-25(23)28(32(30,31)24-12-5-4-6-13-24)20-26(29)27-19-9-10-22-17-15-21(2)16-18-22/h4-8,11-18H,3,9-10,19-20H2,1-2H3,(H,27,29). The van der Waals surface area contributed by atoms with Gasteiger partial charge in [0.2, 0.25) is 5.91 Å². The second-order valence-corrected chi connectivity index (χ2v) is 9.61. The molecule has 5 nitrogen and oxygen atoms in total. The number of rotatable bonds is 10. The average Bonchev–Trinajstić information content (AvgIpc) is 2.82. The molecule has 0 spiro atoms. The van der Waals surface area contributed by atoms with Crippen molar-refractivity contribution < 1.29 is 13.2 Å². The molecule has 0 saturated heterocycles. The maximum absolute atomic E-state index is 13.4. The minimum absolute atomic E-state index is 0.165. The Bertz CT molecular complexity index is 1130. The fourth-order valence-electron chi connectivity index (χ4n) is 3.53. The number of carbonyl (C=O) groups is 1. The summed E-state index contributed by atoms with van der Waals surface area (Å²) in [5.74, 6) is -0.320. The molecule has 0 bridgehead atoms. The number of carbonyl (C=O) groups excluding carboxylic acids is 1. The van der Waals surface area contributed by atoms with Gasteiger partial charge in [-0.2, -0.15) is 0 Å². The highest BCUT2D eigenvalue weighted by Gasteiger charge is 2.28. The summed E-state index contributed by atoms with van der Waals surface area (Å²) < 4.78 is 28.1. The molecule has 0 aliphatic heterocycles. The fourth-order valence-corrected chi connectivity index (χ4v) is 5.01. The van der Waals surface area contributed by atoms with Gasteiger partial charge in [0.1, 0.15) is 6.54 Å². The highest BCUT2D eigenvalue weighted by molar-refractivity contribution is 7.92. The van der Waals surface area contributed by atoms with Crippen molar-refractivity contribution in [2.24, 2.45) is 0 Å². The van der Waals surface area contributed by atoms with E-state index in [1.54, 1.807) is 42.5 Å². The van der Waals surface area contributed by atoms with Gasteiger partial charge in [0.15, 0.2) is 0 Å². The number of amides is 1. The molecule has 0 aromatic heterocycles. The predicted octanol–water partition coefficient (Wildman–Crippen LogP) is 4.50. The van der Waals surface area contributed by atoms with Crippen LogP contribution in [0, 0.1) is 6.92 Å². The summed E-state index contributed by atoms with van der Waals surface area (Å²) >= 11 is 0. The SMILES string of the molecule is CCc1ccccc1N(CC(=O)NCCCc1ccc(C)cc1)S(=O)(=O)c1ccccc1. The molecule has 1 N–H and O–H groups in total. The molecule has 0 saturated carbocycles. The van der Waals surface area contributed by atoms with Crippen LogP contribution >= 0.6 is 0 Å². The van der Waals surface area contributed by atoms with Gasteiger partial charge in [0, 0.05) is 6.54 Å². The summed E-state index contributed by atoms with van der Waals surface area (Å²) in [6, 6.07) is 23.9. The third-order valence-corrected chi connectivity index (χ3v) is 7.12. The van der Waals surface area contributed by atoms with Crippen molar-refractivity contribution in [3.8, 4) is 0 Å². The van der Waals surface area contributed by atoms with Crippen LogP contribution in [0.1, 0.15) is 30.0 Å². The summed E-state index contributed by atoms with van der Waals surface area (Å²) in [6.07, 6.45) is 2.30. The van der Waals surface area contributed by atoms with Crippen LogP contribution in [0.15, 0.2) is 83.8 Å². The van der Waals surface area contributed by atoms with Crippen molar-refractivity contribution >= 4 is 21.6 Å². The van der Waals surface area contributed by atoms with Crippen molar-refractivity contribution in [3.05, 3.63) is 95.6 Å². The van der Waals surface area contributed by atoms with Gasteiger partial charge in [-0.15, -0.1) is 0 Å². The van der Waals surface area contributed by atoms with Crippen molar-refractivity contribution in [2.45, 2.75) is 38.0 Å². The van der Waals surface area contributed by atoms with Crippen molar-refractivity contribution in [2.75, 3.05) is 17.4 Å². The lowest BCUT2D eigenvalue weighted by atomic mass is 10.1. The lowest BCUT2D eigenvalue weighted by Crippen LogP contribution is -2.41. The Morgan fingerprint density at radius 1 is 0.906 bits per heavy atom. The summed E-state index contributed by atoms with van der Waals surface area (Å²) in [5.41, 5.74) is 3.84. The number of hydrogen-bond donors (Lipinski definition) is 1. The Kier molecular flexibility index (Phi) is 8.06. The van der Waals surface area contributed by atoms with E-state index in [9.17, 15) is 13.2 Å². The number of benzene rings is 3. The zero-order valence-corrected chi connectivity index (χ0v) is 19.4. The number of aryl methyl sites for hydroxylation is 3. The summed E-state index contributed by atoms with van der Waals surface area (Å²) in [7, 11) is -3.89. The predicted molar refractivity (Wildman–Crippen MR) is 129 cm³/mol. The van der Waals surface area contributed by atoms with Gasteiger partial charge in [-0.3, -0.25) is 9.10 Å². The maximum atomic E-state index is 13.4. The third-order valence-electron chi connectivity index (χ3n) is 5.34. The third kappa shape index (κ3) is 5.98. The van der Waals surface area contributed by atoms with Gasteiger partial charge in [0.25, 0.3) is 10.0 Å². The van der Waals surface area contributed by atoms with E-state index in [0.717, 1.165) is 18.4 Å². The quantitative estimate of drug-likeness (QED) is 0.463. The van der Waals surface area contributed by atoms with Crippen LogP contribution in [0.5, 0.6) is 0 Å². The normalized spacial score (nSPS) is 11.2. The second kappa shape index (κ2) is 11.0. The number of nitrogens with one attached hydrogen (secondary N) is 1. The van der Waals surface area contributed by atoms with Crippen LogP contribution < -0.4 is 9.62 Å². The molecule has 0 aliphatic carbocycles. The molecule has 3 aromatic carbocycles. The maximum Gasteiger partial charge on any atom is 0.264 e. The van der Waals surface area contributed by atoms with E-state index >= 15 is 0 Å². The molecule has 0 radical (unpaired) electrons. The van der Waals surface area contributed by atoms with Gasteiger partial charge in [-0.1, -0.05) is 73.2 Å². The molecule has 168 valence electrons. The monoisotopic (exact) mass is 450 g/mol. The highest BCUT2D eigenvalue weighted by atomic mass is 32.2. The fraction of sp³-hybridized carbons (Fsp3) is 0.269. The van der Waals surface area contributed by atoms with Crippen molar-refractivity contribution in [3.63, 3.8) is 0 Å². The summed E-state index contributed by atoms with van der Waals surface area (Å²) in [6.45, 7) is 4.24. The van der Waals surface area contributed by atoms with Crippen LogP contribution in [0.2, 0.25) is 0 Å². The Labute approximate surface area is 191 Å². The zero-order chi connectivity index (χ0) is 23.0. The first-order valence-corrected chi connectivity index (χ1v) is 12.3. The van der Waals surface area contributed by atoms with E-state index in [2.05, 4.69) is 36.5 Å². The molecule has 1 amide bonds. The Balaban J connectivity index is 1.72. The Morgan fingerprint density at radius 3 is 2.25 bits per heavy atom. The van der Waals surface area contributed by atoms with E-state index < -0.39 is 10.0 Å².